The Hall–Kier alpha value is -3.64. The van der Waals surface area contributed by atoms with Gasteiger partial charge < -0.3 is 4.74 Å². The monoisotopic (exact) mass is 569 g/mol. The van der Waals surface area contributed by atoms with Crippen LogP contribution in [0.25, 0.3) is 6.08 Å². The quantitative estimate of drug-likeness (QED) is 0.305. The molecule has 0 aromatic heterocycles. The Bertz CT molecular complexity index is 1410. The molecule has 0 unspecified atom stereocenters. The number of amides is 4. The van der Waals surface area contributed by atoms with E-state index < -0.39 is 17.8 Å². The molecule has 1 aliphatic rings. The second kappa shape index (κ2) is 10.3. The molecule has 3 aromatic carbocycles. The van der Waals surface area contributed by atoms with Gasteiger partial charge in [-0.25, -0.2) is 9.69 Å². The molecule has 10 heteroatoms. The molecule has 0 radical (unpaired) electrons. The van der Waals surface area contributed by atoms with Crippen molar-refractivity contribution in [2.24, 2.45) is 0 Å². The van der Waals surface area contributed by atoms with Crippen molar-refractivity contribution < 1.29 is 19.1 Å². The molecule has 3 aromatic rings. The number of hydrogen-bond donors (Lipinski definition) is 1. The van der Waals surface area contributed by atoms with E-state index in [1.54, 1.807) is 48.5 Å². The van der Waals surface area contributed by atoms with Gasteiger partial charge >= 0.3 is 6.03 Å². The van der Waals surface area contributed by atoms with Crippen molar-refractivity contribution in [2.75, 3.05) is 4.90 Å². The van der Waals surface area contributed by atoms with Gasteiger partial charge in [-0.3, -0.25) is 14.9 Å². The summed E-state index contributed by atoms with van der Waals surface area (Å²) in [4.78, 5) is 38.7. The number of benzene rings is 3. The Labute approximate surface area is 218 Å². The third-order valence-electron chi connectivity index (χ3n) is 5.03. The van der Waals surface area contributed by atoms with E-state index in [0.29, 0.717) is 22.4 Å². The van der Waals surface area contributed by atoms with Gasteiger partial charge in [0.05, 0.1) is 27.4 Å². The minimum atomic E-state index is -0.850. The lowest BCUT2D eigenvalue weighted by molar-refractivity contribution is -0.122. The number of nitrogens with one attached hydrogen (secondary N) is 1. The van der Waals surface area contributed by atoms with E-state index in [1.807, 2.05) is 0 Å². The zero-order valence-corrected chi connectivity index (χ0v) is 20.8. The highest BCUT2D eigenvalue weighted by atomic mass is 79.9. The average Bonchev–Trinajstić information content (AvgIpc) is 2.82. The molecule has 1 saturated heterocycles. The summed E-state index contributed by atoms with van der Waals surface area (Å²) < 4.78 is 6.51. The molecule has 35 heavy (non-hydrogen) atoms. The Morgan fingerprint density at radius 1 is 1.03 bits per heavy atom. The van der Waals surface area contributed by atoms with Crippen LogP contribution in [-0.4, -0.2) is 17.8 Å². The summed E-state index contributed by atoms with van der Waals surface area (Å²) in [6.07, 6.45) is 1.29. The third kappa shape index (κ3) is 5.23. The van der Waals surface area contributed by atoms with E-state index in [4.69, 9.17) is 27.9 Å². The zero-order valence-electron chi connectivity index (χ0n) is 17.7. The Morgan fingerprint density at radius 2 is 1.69 bits per heavy atom. The van der Waals surface area contributed by atoms with Crippen molar-refractivity contribution in [2.45, 2.75) is 6.61 Å². The van der Waals surface area contributed by atoms with Gasteiger partial charge in [-0.1, -0.05) is 57.3 Å². The molecule has 1 heterocycles. The number of carbonyl (C=O) groups excluding carboxylic acids is 3. The van der Waals surface area contributed by atoms with Gasteiger partial charge in [-0.05, 0) is 54.1 Å². The van der Waals surface area contributed by atoms with E-state index in [-0.39, 0.29) is 28.0 Å². The number of anilines is 1. The number of ether oxygens (including phenoxy) is 1. The molecule has 0 bridgehead atoms. The van der Waals surface area contributed by atoms with Crippen LogP contribution in [0.1, 0.15) is 16.7 Å². The van der Waals surface area contributed by atoms with Crippen LogP contribution in [0.15, 0.2) is 70.7 Å². The molecule has 4 amide bonds. The predicted molar refractivity (Wildman–Crippen MR) is 135 cm³/mol. The fraction of sp³-hybridized carbons (Fsp3) is 0.0400. The second-order valence-electron chi connectivity index (χ2n) is 7.31. The lowest BCUT2D eigenvalue weighted by Gasteiger charge is -2.26. The largest absolute Gasteiger partial charge is 0.486 e. The van der Waals surface area contributed by atoms with Crippen LogP contribution < -0.4 is 15.0 Å². The molecule has 0 atom stereocenters. The van der Waals surface area contributed by atoms with E-state index in [2.05, 4.69) is 27.3 Å². The van der Waals surface area contributed by atoms with Crippen LogP contribution in [0, 0.1) is 11.3 Å². The number of nitriles is 1. The number of urea groups is 1. The molecule has 0 aliphatic carbocycles. The number of hydrogen-bond acceptors (Lipinski definition) is 5. The lowest BCUT2D eigenvalue weighted by atomic mass is 10.1. The van der Waals surface area contributed by atoms with Gasteiger partial charge in [0.2, 0.25) is 0 Å². The lowest BCUT2D eigenvalue weighted by Crippen LogP contribution is -2.54. The summed E-state index contributed by atoms with van der Waals surface area (Å²) in [5.74, 6) is -1.44. The Balaban J connectivity index is 1.61. The first-order valence-corrected chi connectivity index (χ1v) is 11.6. The van der Waals surface area contributed by atoms with Gasteiger partial charge in [0.1, 0.15) is 12.2 Å². The number of barbiturate groups is 1. The Morgan fingerprint density at radius 3 is 2.34 bits per heavy atom. The second-order valence-corrected chi connectivity index (χ2v) is 9.04. The number of imide groups is 2. The third-order valence-corrected chi connectivity index (χ3v) is 6.12. The first-order chi connectivity index (χ1) is 16.8. The highest BCUT2D eigenvalue weighted by Gasteiger charge is 2.36. The van der Waals surface area contributed by atoms with E-state index in [0.717, 1.165) is 9.37 Å². The van der Waals surface area contributed by atoms with Crippen molar-refractivity contribution in [1.29, 1.82) is 5.26 Å². The topological polar surface area (TPSA) is 99.5 Å². The fourth-order valence-electron chi connectivity index (χ4n) is 3.35. The van der Waals surface area contributed by atoms with Crippen LogP contribution >= 0.6 is 39.1 Å². The zero-order chi connectivity index (χ0) is 25.1. The molecule has 174 valence electrons. The molecule has 0 spiro atoms. The molecule has 1 N–H and O–H groups in total. The standard InChI is InChI=1S/C25H14BrCl2N3O4/c26-17-5-7-18(8-6-17)31-24(33)19(23(32)30-25(31)34)9-14-10-20(27)22(21(28)11-14)35-13-16-4-2-1-3-15(16)12-29/h1-11H,13H2,(H,30,32,34)/b19-9+. The number of nitrogens with zero attached hydrogens (tertiary/aromatic N) is 2. The molecular formula is C25H14BrCl2N3O4. The molecule has 1 aliphatic heterocycles. The molecule has 7 nitrogen and oxygen atoms in total. The van der Waals surface area contributed by atoms with Gasteiger partial charge in [-0.2, -0.15) is 5.26 Å². The molecular weight excluding hydrogens is 557 g/mol. The van der Waals surface area contributed by atoms with Crippen LogP contribution in [0.4, 0.5) is 10.5 Å². The van der Waals surface area contributed by atoms with E-state index in [1.165, 1.54) is 18.2 Å². The van der Waals surface area contributed by atoms with Crippen LogP contribution in [0.5, 0.6) is 5.75 Å². The van der Waals surface area contributed by atoms with Crippen LogP contribution in [0.2, 0.25) is 10.0 Å². The van der Waals surface area contributed by atoms with Crippen molar-refractivity contribution in [3.8, 4) is 11.8 Å². The minimum absolute atomic E-state index is 0.0642. The van der Waals surface area contributed by atoms with Crippen molar-refractivity contribution >= 4 is 68.7 Å². The maximum Gasteiger partial charge on any atom is 0.335 e. The predicted octanol–water partition coefficient (Wildman–Crippen LogP) is 5.87. The number of halogens is 3. The number of carbonyl (C=O) groups is 3. The minimum Gasteiger partial charge on any atom is -0.486 e. The van der Waals surface area contributed by atoms with Gasteiger partial charge in [0.15, 0.2) is 5.75 Å². The summed E-state index contributed by atoms with van der Waals surface area (Å²) in [6.45, 7) is 0.0642. The summed E-state index contributed by atoms with van der Waals surface area (Å²) >= 11 is 16.0. The van der Waals surface area contributed by atoms with Crippen molar-refractivity contribution in [1.82, 2.24) is 5.32 Å². The maximum atomic E-state index is 13.0. The van der Waals surface area contributed by atoms with Crippen LogP contribution in [-0.2, 0) is 16.2 Å². The average molecular weight is 571 g/mol. The highest BCUT2D eigenvalue weighted by molar-refractivity contribution is 9.10. The molecule has 4 rings (SSSR count). The normalized spacial score (nSPS) is 14.6. The maximum absolute atomic E-state index is 13.0. The summed E-state index contributed by atoms with van der Waals surface area (Å²) in [5, 5.41) is 11.7. The summed E-state index contributed by atoms with van der Waals surface area (Å²) in [7, 11) is 0. The summed E-state index contributed by atoms with van der Waals surface area (Å²) in [6, 6.07) is 17.6. The highest BCUT2D eigenvalue weighted by Crippen LogP contribution is 2.36. The fourth-order valence-corrected chi connectivity index (χ4v) is 4.23. The van der Waals surface area contributed by atoms with Gasteiger partial charge in [-0.15, -0.1) is 0 Å². The van der Waals surface area contributed by atoms with Gasteiger partial charge in [0.25, 0.3) is 11.8 Å². The molecule has 0 saturated carbocycles. The first-order valence-electron chi connectivity index (χ1n) is 10.1. The van der Waals surface area contributed by atoms with Crippen LogP contribution in [0.3, 0.4) is 0 Å². The van der Waals surface area contributed by atoms with E-state index >= 15 is 0 Å². The van der Waals surface area contributed by atoms with Gasteiger partial charge in [0, 0.05) is 10.0 Å². The summed E-state index contributed by atoms with van der Waals surface area (Å²) in [5.41, 5.74) is 1.51. The van der Waals surface area contributed by atoms with Crippen molar-refractivity contribution in [3.63, 3.8) is 0 Å². The Kier molecular flexibility index (Phi) is 7.22. The SMILES string of the molecule is N#Cc1ccccc1COc1c(Cl)cc(/C=C2\C(=O)NC(=O)N(c3ccc(Br)cc3)C2=O)cc1Cl. The number of rotatable bonds is 5. The molecule has 1 fully saturated rings. The first kappa shape index (κ1) is 24.5. The smallest absolute Gasteiger partial charge is 0.335 e. The van der Waals surface area contributed by atoms with Crippen molar-refractivity contribution in [3.05, 3.63) is 97.4 Å². The van der Waals surface area contributed by atoms with E-state index in [9.17, 15) is 19.6 Å².